The van der Waals surface area contributed by atoms with E-state index in [2.05, 4.69) is 10.6 Å². The zero-order valence-corrected chi connectivity index (χ0v) is 10.2. The molecule has 18 heavy (non-hydrogen) atoms. The van der Waals surface area contributed by atoms with Crippen molar-refractivity contribution < 1.29 is 13.6 Å². The zero-order chi connectivity index (χ0) is 13.1. The van der Waals surface area contributed by atoms with Crippen molar-refractivity contribution in [1.29, 1.82) is 0 Å². The molecule has 0 radical (unpaired) electrons. The molecule has 0 aliphatic carbocycles. The monoisotopic (exact) mass is 254 g/mol. The number of benzene rings is 1. The Bertz CT molecular complexity index is 430. The van der Waals surface area contributed by atoms with Gasteiger partial charge in [-0.05, 0) is 43.0 Å². The molecular weight excluding hydrogens is 238 g/mol. The lowest BCUT2D eigenvalue weighted by atomic mass is 9.86. The van der Waals surface area contributed by atoms with Gasteiger partial charge in [-0.3, -0.25) is 4.79 Å². The van der Waals surface area contributed by atoms with Crippen LogP contribution in [0.2, 0.25) is 0 Å². The SMILES string of the molecule is CNC(=O)C1CC(c2cc(F)cc(F)c2)CCN1. The first-order chi connectivity index (χ1) is 8.60. The zero-order valence-electron chi connectivity index (χ0n) is 10.2. The summed E-state index contributed by atoms with van der Waals surface area (Å²) in [6.45, 7) is 0.668. The Kier molecular flexibility index (Phi) is 3.91. The Balaban J connectivity index is 2.15. The molecule has 1 heterocycles. The summed E-state index contributed by atoms with van der Waals surface area (Å²) in [6.07, 6.45) is 1.33. The predicted molar refractivity (Wildman–Crippen MR) is 64.2 cm³/mol. The summed E-state index contributed by atoms with van der Waals surface area (Å²) in [6, 6.07) is 3.26. The third kappa shape index (κ3) is 2.85. The highest BCUT2D eigenvalue weighted by Gasteiger charge is 2.27. The number of nitrogens with one attached hydrogen (secondary N) is 2. The van der Waals surface area contributed by atoms with Crippen molar-refractivity contribution >= 4 is 5.91 Å². The summed E-state index contributed by atoms with van der Waals surface area (Å²) < 4.78 is 26.3. The van der Waals surface area contributed by atoms with Gasteiger partial charge >= 0.3 is 0 Å². The number of carbonyl (C=O) groups excluding carboxylic acids is 1. The maximum absolute atomic E-state index is 13.2. The van der Waals surface area contributed by atoms with Crippen molar-refractivity contribution in [3.05, 3.63) is 35.4 Å². The Morgan fingerprint density at radius 2 is 2.00 bits per heavy atom. The maximum atomic E-state index is 13.2. The molecule has 1 amide bonds. The molecule has 98 valence electrons. The molecule has 5 heteroatoms. The Hall–Kier alpha value is -1.49. The number of halogens is 2. The molecule has 1 aliphatic rings. The second kappa shape index (κ2) is 5.44. The van der Waals surface area contributed by atoms with E-state index in [1.54, 1.807) is 7.05 Å². The van der Waals surface area contributed by atoms with E-state index in [9.17, 15) is 13.6 Å². The lowest BCUT2D eigenvalue weighted by molar-refractivity contribution is -0.123. The summed E-state index contributed by atoms with van der Waals surface area (Å²) in [5, 5.41) is 5.68. The van der Waals surface area contributed by atoms with Gasteiger partial charge in [-0.2, -0.15) is 0 Å². The molecule has 3 nitrogen and oxygen atoms in total. The first-order valence-corrected chi connectivity index (χ1v) is 6.01. The molecule has 0 saturated carbocycles. The fraction of sp³-hybridized carbons (Fsp3) is 0.462. The summed E-state index contributed by atoms with van der Waals surface area (Å²) in [5.41, 5.74) is 0.628. The van der Waals surface area contributed by atoms with Crippen LogP contribution < -0.4 is 10.6 Å². The topological polar surface area (TPSA) is 41.1 Å². The molecular formula is C13H16F2N2O. The Morgan fingerprint density at radius 3 is 2.61 bits per heavy atom. The summed E-state index contributed by atoms with van der Waals surface area (Å²) in [5.74, 6) is -1.21. The highest BCUT2D eigenvalue weighted by Crippen LogP contribution is 2.28. The van der Waals surface area contributed by atoms with Gasteiger partial charge in [0.25, 0.3) is 0 Å². The first kappa shape index (κ1) is 13.0. The minimum absolute atomic E-state index is 0.0127. The first-order valence-electron chi connectivity index (χ1n) is 6.01. The largest absolute Gasteiger partial charge is 0.358 e. The van der Waals surface area contributed by atoms with Crippen molar-refractivity contribution in [2.75, 3.05) is 13.6 Å². The van der Waals surface area contributed by atoms with E-state index in [4.69, 9.17) is 0 Å². The van der Waals surface area contributed by atoms with Gasteiger partial charge in [0.2, 0.25) is 5.91 Å². The number of piperidine rings is 1. The van der Waals surface area contributed by atoms with Crippen LogP contribution in [0.15, 0.2) is 18.2 Å². The molecule has 2 N–H and O–H groups in total. The van der Waals surface area contributed by atoms with E-state index >= 15 is 0 Å². The van der Waals surface area contributed by atoms with Crippen LogP contribution in [0.5, 0.6) is 0 Å². The molecule has 1 aliphatic heterocycles. The van der Waals surface area contributed by atoms with Gasteiger partial charge in [-0.25, -0.2) is 8.78 Å². The predicted octanol–water partition coefficient (Wildman–Crippen LogP) is 1.55. The van der Waals surface area contributed by atoms with Crippen LogP contribution in [0.25, 0.3) is 0 Å². The normalized spacial score (nSPS) is 23.7. The minimum atomic E-state index is -0.569. The summed E-state index contributed by atoms with van der Waals surface area (Å²) in [4.78, 5) is 11.6. The van der Waals surface area contributed by atoms with Crippen LogP contribution in [-0.4, -0.2) is 25.5 Å². The van der Waals surface area contributed by atoms with Gasteiger partial charge in [0, 0.05) is 13.1 Å². The van der Waals surface area contributed by atoms with E-state index in [-0.39, 0.29) is 17.9 Å². The van der Waals surface area contributed by atoms with Gasteiger partial charge < -0.3 is 10.6 Å². The molecule has 0 aromatic heterocycles. The van der Waals surface area contributed by atoms with Crippen LogP contribution in [0, 0.1) is 11.6 Å². The van der Waals surface area contributed by atoms with E-state index in [0.717, 1.165) is 12.5 Å². The number of hydrogen-bond donors (Lipinski definition) is 2. The number of rotatable bonds is 2. The van der Waals surface area contributed by atoms with Crippen LogP contribution in [0.4, 0.5) is 8.78 Å². The fourth-order valence-corrected chi connectivity index (χ4v) is 2.41. The Labute approximate surface area is 105 Å². The smallest absolute Gasteiger partial charge is 0.236 e. The van der Waals surface area contributed by atoms with Crippen molar-refractivity contribution in [2.45, 2.75) is 24.8 Å². The van der Waals surface area contributed by atoms with Gasteiger partial charge in [0.15, 0.2) is 0 Å². The molecule has 1 saturated heterocycles. The van der Waals surface area contributed by atoms with E-state index < -0.39 is 11.6 Å². The van der Waals surface area contributed by atoms with Crippen molar-refractivity contribution in [3.63, 3.8) is 0 Å². The molecule has 0 bridgehead atoms. The fourth-order valence-electron chi connectivity index (χ4n) is 2.41. The lowest BCUT2D eigenvalue weighted by Crippen LogP contribution is -2.47. The molecule has 1 fully saturated rings. The number of amides is 1. The van der Waals surface area contributed by atoms with E-state index in [1.807, 2.05) is 0 Å². The molecule has 0 spiro atoms. The highest BCUT2D eigenvalue weighted by molar-refractivity contribution is 5.81. The van der Waals surface area contributed by atoms with Crippen LogP contribution in [0.1, 0.15) is 24.3 Å². The lowest BCUT2D eigenvalue weighted by Gasteiger charge is -2.29. The minimum Gasteiger partial charge on any atom is -0.358 e. The van der Waals surface area contributed by atoms with Crippen LogP contribution >= 0.6 is 0 Å². The number of carbonyl (C=O) groups is 1. The highest BCUT2D eigenvalue weighted by atomic mass is 19.1. The van der Waals surface area contributed by atoms with Gasteiger partial charge in [0.05, 0.1) is 6.04 Å². The van der Waals surface area contributed by atoms with Gasteiger partial charge in [-0.15, -0.1) is 0 Å². The third-order valence-electron chi connectivity index (χ3n) is 3.32. The van der Waals surface area contributed by atoms with Gasteiger partial charge in [0.1, 0.15) is 11.6 Å². The summed E-state index contributed by atoms with van der Waals surface area (Å²) in [7, 11) is 1.58. The Morgan fingerprint density at radius 1 is 1.33 bits per heavy atom. The van der Waals surface area contributed by atoms with Crippen molar-refractivity contribution in [2.24, 2.45) is 0 Å². The summed E-state index contributed by atoms with van der Waals surface area (Å²) >= 11 is 0. The average Bonchev–Trinajstić information content (AvgIpc) is 2.37. The second-order valence-corrected chi connectivity index (χ2v) is 4.55. The molecule has 1 aromatic carbocycles. The standard InChI is InChI=1S/C13H16F2N2O/c1-16-13(18)12-6-8(2-3-17-12)9-4-10(14)7-11(15)5-9/h4-5,7-8,12,17H,2-3,6H2,1H3,(H,16,18). The van der Waals surface area contributed by atoms with Crippen molar-refractivity contribution in [3.8, 4) is 0 Å². The maximum Gasteiger partial charge on any atom is 0.236 e. The van der Waals surface area contributed by atoms with Crippen molar-refractivity contribution in [1.82, 2.24) is 10.6 Å². The molecule has 2 unspecified atom stereocenters. The second-order valence-electron chi connectivity index (χ2n) is 4.55. The van der Waals surface area contributed by atoms with Crippen LogP contribution in [0.3, 0.4) is 0 Å². The third-order valence-corrected chi connectivity index (χ3v) is 3.32. The molecule has 2 atom stereocenters. The molecule has 1 aromatic rings. The average molecular weight is 254 g/mol. The van der Waals surface area contributed by atoms with Gasteiger partial charge in [-0.1, -0.05) is 0 Å². The van der Waals surface area contributed by atoms with Crippen LogP contribution in [-0.2, 0) is 4.79 Å². The van der Waals surface area contributed by atoms with E-state index in [0.29, 0.717) is 18.5 Å². The van der Waals surface area contributed by atoms with E-state index in [1.165, 1.54) is 12.1 Å². The quantitative estimate of drug-likeness (QED) is 0.840. The molecule has 2 rings (SSSR count). The number of likely N-dealkylation sites (N-methyl/N-ethyl adjacent to an activating group) is 1. The number of hydrogen-bond acceptors (Lipinski definition) is 2.